The number of rotatable bonds is 4. The Bertz CT molecular complexity index is 490. The van der Waals surface area contributed by atoms with Gasteiger partial charge in [-0.15, -0.1) is 0 Å². The van der Waals surface area contributed by atoms with Crippen molar-refractivity contribution in [2.45, 2.75) is 51.6 Å². The van der Waals surface area contributed by atoms with Gasteiger partial charge >= 0.3 is 0 Å². The number of halogens is 2. The lowest BCUT2D eigenvalue weighted by Crippen LogP contribution is -2.42. The van der Waals surface area contributed by atoms with Crippen molar-refractivity contribution in [2.75, 3.05) is 6.54 Å². The predicted molar refractivity (Wildman–Crippen MR) is 90.0 cm³/mol. The highest BCUT2D eigenvalue weighted by Gasteiger charge is 2.40. The van der Waals surface area contributed by atoms with Crippen molar-refractivity contribution < 1.29 is 5.11 Å². The normalized spacial score (nSPS) is 24.6. The van der Waals surface area contributed by atoms with Crippen LogP contribution in [-0.2, 0) is 0 Å². The first-order chi connectivity index (χ1) is 9.86. The lowest BCUT2D eigenvalue weighted by atomic mass is 9.64. The summed E-state index contributed by atoms with van der Waals surface area (Å²) in [6.45, 7) is 4.88. The molecule has 0 heterocycles. The molecule has 3 N–H and O–H groups in total. The van der Waals surface area contributed by atoms with E-state index < -0.39 is 6.10 Å². The minimum absolute atomic E-state index is 0.142. The highest BCUT2D eigenvalue weighted by atomic mass is 35.5. The van der Waals surface area contributed by atoms with E-state index in [2.05, 4.69) is 13.8 Å². The number of nitrogens with two attached hydrogens (primary N) is 1. The Labute approximate surface area is 137 Å². The summed E-state index contributed by atoms with van der Waals surface area (Å²) in [6.07, 6.45) is 4.15. The molecule has 0 radical (unpaired) electrons. The van der Waals surface area contributed by atoms with E-state index in [9.17, 15) is 5.11 Å². The molecule has 1 aliphatic rings. The Kier molecular flexibility index (Phi) is 5.59. The molecule has 3 unspecified atom stereocenters. The smallest absolute Gasteiger partial charge is 0.0654 e. The second kappa shape index (κ2) is 6.87. The van der Waals surface area contributed by atoms with Crippen LogP contribution in [-0.4, -0.2) is 17.8 Å². The van der Waals surface area contributed by atoms with Gasteiger partial charge in [-0.3, -0.25) is 0 Å². The van der Waals surface area contributed by atoms with Crippen LogP contribution in [0.1, 0.15) is 51.0 Å². The van der Waals surface area contributed by atoms with Crippen LogP contribution in [0.2, 0.25) is 10.0 Å². The average Bonchev–Trinajstić information content (AvgIpc) is 2.41. The second-order valence-electron chi connectivity index (χ2n) is 6.84. The molecule has 0 aromatic heterocycles. The van der Waals surface area contributed by atoms with Gasteiger partial charge in [-0.25, -0.2) is 0 Å². The molecular weight excluding hydrogens is 305 g/mol. The first kappa shape index (κ1) is 17.1. The third-order valence-electron chi connectivity index (χ3n) is 5.03. The van der Waals surface area contributed by atoms with Crippen molar-refractivity contribution in [1.29, 1.82) is 0 Å². The van der Waals surface area contributed by atoms with Gasteiger partial charge in [0.25, 0.3) is 0 Å². The van der Waals surface area contributed by atoms with E-state index in [0.29, 0.717) is 16.6 Å². The minimum Gasteiger partial charge on any atom is -0.392 e. The summed E-state index contributed by atoms with van der Waals surface area (Å²) in [5.41, 5.74) is 7.00. The highest BCUT2D eigenvalue weighted by molar-refractivity contribution is 6.35. The molecule has 0 spiro atoms. The van der Waals surface area contributed by atoms with Crippen LogP contribution in [0.25, 0.3) is 0 Å². The largest absolute Gasteiger partial charge is 0.392 e. The summed E-state index contributed by atoms with van der Waals surface area (Å²) in [6, 6.07) is 5.42. The van der Waals surface area contributed by atoms with Gasteiger partial charge < -0.3 is 10.8 Å². The van der Waals surface area contributed by atoms with Crippen LogP contribution in [0.15, 0.2) is 18.2 Å². The summed E-state index contributed by atoms with van der Waals surface area (Å²) >= 11 is 12.3. The van der Waals surface area contributed by atoms with E-state index in [4.69, 9.17) is 28.9 Å². The number of hydrogen-bond acceptors (Lipinski definition) is 2. The summed E-state index contributed by atoms with van der Waals surface area (Å²) < 4.78 is 0. The maximum atomic E-state index is 10.9. The molecule has 4 heteroatoms. The summed E-state index contributed by atoms with van der Waals surface area (Å²) in [7, 11) is 0. The molecule has 1 fully saturated rings. The monoisotopic (exact) mass is 329 g/mol. The molecule has 1 saturated carbocycles. The molecule has 0 bridgehead atoms. The first-order valence-electron chi connectivity index (χ1n) is 7.70. The number of hydrogen-bond donors (Lipinski definition) is 2. The molecule has 1 aromatic rings. The van der Waals surface area contributed by atoms with Crippen molar-refractivity contribution in [2.24, 2.45) is 17.1 Å². The molecule has 21 heavy (non-hydrogen) atoms. The van der Waals surface area contributed by atoms with Crippen LogP contribution >= 0.6 is 23.2 Å². The molecule has 1 aromatic carbocycles. The number of aliphatic hydroxyl groups excluding tert-OH is 1. The van der Waals surface area contributed by atoms with Crippen LogP contribution in [0.3, 0.4) is 0 Å². The van der Waals surface area contributed by atoms with E-state index in [1.165, 1.54) is 12.8 Å². The van der Waals surface area contributed by atoms with Crippen molar-refractivity contribution in [3.8, 4) is 0 Å². The van der Waals surface area contributed by atoms with Gasteiger partial charge in [0.2, 0.25) is 0 Å². The second-order valence-corrected chi connectivity index (χ2v) is 7.68. The maximum absolute atomic E-state index is 10.9. The number of aliphatic hydroxyl groups is 1. The Morgan fingerprint density at radius 1 is 1.33 bits per heavy atom. The van der Waals surface area contributed by atoms with Crippen molar-refractivity contribution in [1.82, 2.24) is 0 Å². The van der Waals surface area contributed by atoms with E-state index in [1.54, 1.807) is 6.07 Å². The van der Waals surface area contributed by atoms with E-state index >= 15 is 0 Å². The Hall–Kier alpha value is -0.280. The zero-order valence-corrected chi connectivity index (χ0v) is 14.3. The van der Waals surface area contributed by atoms with Crippen LogP contribution in [0.4, 0.5) is 0 Å². The third kappa shape index (κ3) is 3.73. The van der Waals surface area contributed by atoms with E-state index in [0.717, 1.165) is 18.4 Å². The lowest BCUT2D eigenvalue weighted by Gasteiger charge is -2.43. The topological polar surface area (TPSA) is 46.2 Å². The molecule has 1 aliphatic carbocycles. The van der Waals surface area contributed by atoms with Crippen molar-refractivity contribution in [3.63, 3.8) is 0 Å². The standard InChI is InChI=1S/C17H25Cl2NO/c1-17(2)8-4-3-5-14(17)16(21)13(10-20)12-7-6-11(18)9-15(12)19/h6-7,9,13-14,16,21H,3-5,8,10,20H2,1-2H3. The molecule has 0 amide bonds. The molecule has 2 nitrogen and oxygen atoms in total. The first-order valence-corrected chi connectivity index (χ1v) is 8.45. The highest BCUT2D eigenvalue weighted by Crippen LogP contribution is 2.45. The fraction of sp³-hybridized carbons (Fsp3) is 0.647. The van der Waals surface area contributed by atoms with Gasteiger partial charge in [0.1, 0.15) is 0 Å². The Morgan fingerprint density at radius 2 is 2.05 bits per heavy atom. The van der Waals surface area contributed by atoms with Gasteiger partial charge in [-0.1, -0.05) is 56.0 Å². The molecule has 2 rings (SSSR count). The Balaban J connectivity index is 2.27. The summed E-state index contributed by atoms with van der Waals surface area (Å²) in [4.78, 5) is 0. The zero-order chi connectivity index (χ0) is 15.6. The van der Waals surface area contributed by atoms with Crippen molar-refractivity contribution >= 4 is 23.2 Å². The third-order valence-corrected chi connectivity index (χ3v) is 5.59. The quantitative estimate of drug-likeness (QED) is 0.847. The van der Waals surface area contributed by atoms with Crippen LogP contribution in [0, 0.1) is 11.3 Å². The molecule has 0 saturated heterocycles. The fourth-order valence-electron chi connectivity index (χ4n) is 3.69. The molecular formula is C17H25Cl2NO. The predicted octanol–water partition coefficient (Wildman–Crippen LogP) is 4.61. The van der Waals surface area contributed by atoms with Crippen LogP contribution < -0.4 is 5.73 Å². The van der Waals surface area contributed by atoms with Gasteiger partial charge in [0.05, 0.1) is 6.10 Å². The van der Waals surface area contributed by atoms with Gasteiger partial charge in [0.15, 0.2) is 0 Å². The Morgan fingerprint density at radius 3 is 2.62 bits per heavy atom. The number of benzene rings is 1. The SMILES string of the molecule is CC1(C)CCCCC1C(O)C(CN)c1ccc(Cl)cc1Cl. The van der Waals surface area contributed by atoms with Gasteiger partial charge in [0, 0.05) is 22.5 Å². The van der Waals surface area contributed by atoms with Crippen molar-refractivity contribution in [3.05, 3.63) is 33.8 Å². The van der Waals surface area contributed by atoms with E-state index in [-0.39, 0.29) is 17.3 Å². The summed E-state index contributed by atoms with van der Waals surface area (Å²) in [5, 5.41) is 12.1. The van der Waals surface area contributed by atoms with Crippen LogP contribution in [0.5, 0.6) is 0 Å². The molecule has 118 valence electrons. The van der Waals surface area contributed by atoms with Gasteiger partial charge in [-0.05, 0) is 41.9 Å². The van der Waals surface area contributed by atoms with E-state index in [1.807, 2.05) is 12.1 Å². The van der Waals surface area contributed by atoms with Gasteiger partial charge in [-0.2, -0.15) is 0 Å². The average molecular weight is 330 g/mol. The molecule has 0 aliphatic heterocycles. The fourth-order valence-corrected chi connectivity index (χ4v) is 4.24. The minimum atomic E-state index is -0.469. The molecule has 3 atom stereocenters. The lowest BCUT2D eigenvalue weighted by molar-refractivity contribution is -0.00893. The summed E-state index contributed by atoms with van der Waals surface area (Å²) in [5.74, 6) is 0.115. The zero-order valence-electron chi connectivity index (χ0n) is 12.8. The maximum Gasteiger partial charge on any atom is 0.0654 e.